The SMILES string of the molecule is CC(C)(C)OC(=O)NCCOCCOc1cc(F)ccc1-c1nnc(-c2ccc3nncn3c2)c2ccsc12. The largest absolute Gasteiger partial charge is 0.490 e. The number of aromatic nitrogens is 5. The fraction of sp³-hybridized carbons (Fsp3) is 0.296. The number of rotatable bonds is 9. The summed E-state index contributed by atoms with van der Waals surface area (Å²) in [5.74, 6) is -0.0846. The van der Waals surface area contributed by atoms with Crippen LogP contribution in [0.5, 0.6) is 5.75 Å². The summed E-state index contributed by atoms with van der Waals surface area (Å²) >= 11 is 1.53. The normalized spacial score (nSPS) is 11.7. The highest BCUT2D eigenvalue weighted by atomic mass is 32.1. The zero-order valence-electron chi connectivity index (χ0n) is 21.7. The van der Waals surface area contributed by atoms with Gasteiger partial charge >= 0.3 is 6.09 Å². The molecule has 1 N–H and O–H groups in total. The Balaban J connectivity index is 1.27. The Morgan fingerprint density at radius 2 is 1.90 bits per heavy atom. The van der Waals surface area contributed by atoms with Gasteiger partial charge in [0.05, 0.1) is 17.9 Å². The standard InChI is InChI=1S/C27H27FN6O4S/c1-27(2,3)38-26(35)29-9-10-36-11-12-37-21-14-18(28)5-6-19(21)24-25-20(8-13-39-25)23(32-33-24)17-4-7-22-31-30-16-34(22)15-17/h4-8,13-16H,9-12H2,1-3H3,(H,29,35). The van der Waals surface area contributed by atoms with Crippen molar-refractivity contribution in [1.29, 1.82) is 0 Å². The van der Waals surface area contributed by atoms with E-state index in [0.29, 0.717) is 23.6 Å². The van der Waals surface area contributed by atoms with Gasteiger partial charge in [-0.15, -0.1) is 31.7 Å². The number of nitrogens with zero attached hydrogens (tertiary/aromatic N) is 5. The zero-order valence-corrected chi connectivity index (χ0v) is 22.5. The van der Waals surface area contributed by atoms with Gasteiger partial charge in [0.1, 0.15) is 41.5 Å². The molecule has 1 aromatic carbocycles. The van der Waals surface area contributed by atoms with Crippen LogP contribution >= 0.6 is 11.3 Å². The molecule has 0 atom stereocenters. The van der Waals surface area contributed by atoms with Gasteiger partial charge in [0.2, 0.25) is 0 Å². The smallest absolute Gasteiger partial charge is 0.407 e. The number of thiophene rings is 1. The van der Waals surface area contributed by atoms with E-state index >= 15 is 0 Å². The van der Waals surface area contributed by atoms with Gasteiger partial charge in [0, 0.05) is 35.3 Å². The highest BCUT2D eigenvalue weighted by Gasteiger charge is 2.18. The summed E-state index contributed by atoms with van der Waals surface area (Å²) < 4.78 is 33.5. The van der Waals surface area contributed by atoms with Crippen molar-refractivity contribution in [2.45, 2.75) is 26.4 Å². The Kier molecular flexibility index (Phi) is 7.66. The van der Waals surface area contributed by atoms with Crippen molar-refractivity contribution in [2.75, 3.05) is 26.4 Å². The van der Waals surface area contributed by atoms with E-state index in [4.69, 9.17) is 14.2 Å². The van der Waals surface area contributed by atoms with Crippen LogP contribution < -0.4 is 10.1 Å². The lowest BCUT2D eigenvalue weighted by Gasteiger charge is -2.19. The molecule has 1 amide bonds. The number of hydrogen-bond acceptors (Lipinski definition) is 9. The first-order valence-corrected chi connectivity index (χ1v) is 13.2. The van der Waals surface area contributed by atoms with Gasteiger partial charge in [-0.05, 0) is 56.5 Å². The number of alkyl carbamates (subject to hydrolysis) is 1. The van der Waals surface area contributed by atoms with Crippen molar-refractivity contribution in [3.63, 3.8) is 0 Å². The Bertz CT molecular complexity index is 1610. The van der Waals surface area contributed by atoms with Crippen LogP contribution in [-0.4, -0.2) is 62.9 Å². The minimum Gasteiger partial charge on any atom is -0.490 e. The highest BCUT2D eigenvalue weighted by Crippen LogP contribution is 2.39. The number of amides is 1. The predicted octanol–water partition coefficient (Wildman–Crippen LogP) is 5.13. The molecule has 0 saturated carbocycles. The first-order valence-electron chi connectivity index (χ1n) is 12.3. The van der Waals surface area contributed by atoms with E-state index in [0.717, 1.165) is 27.0 Å². The molecule has 0 aliphatic rings. The number of benzene rings is 1. The molecule has 202 valence electrons. The number of hydrogen-bond donors (Lipinski definition) is 1. The summed E-state index contributed by atoms with van der Waals surface area (Å²) in [5, 5.41) is 22.6. The Morgan fingerprint density at radius 1 is 1.05 bits per heavy atom. The summed E-state index contributed by atoms with van der Waals surface area (Å²) in [4.78, 5) is 11.7. The molecule has 4 heterocycles. The molecular weight excluding hydrogens is 523 g/mol. The molecule has 0 fully saturated rings. The van der Waals surface area contributed by atoms with Gasteiger partial charge in [-0.25, -0.2) is 9.18 Å². The number of fused-ring (bicyclic) bond motifs is 2. The van der Waals surface area contributed by atoms with Crippen LogP contribution in [0.4, 0.5) is 9.18 Å². The molecule has 12 heteroatoms. The van der Waals surface area contributed by atoms with Crippen molar-refractivity contribution in [2.24, 2.45) is 0 Å². The van der Waals surface area contributed by atoms with E-state index in [1.807, 2.05) is 34.2 Å². The molecule has 0 bridgehead atoms. The molecular formula is C27H27FN6O4S. The number of pyridine rings is 1. The average Bonchev–Trinajstić information content (AvgIpc) is 3.56. The summed E-state index contributed by atoms with van der Waals surface area (Å²) in [5.41, 5.74) is 3.01. The van der Waals surface area contributed by atoms with E-state index in [1.165, 1.54) is 23.5 Å². The molecule has 0 spiro atoms. The van der Waals surface area contributed by atoms with Crippen LogP contribution in [0.25, 0.3) is 38.2 Å². The van der Waals surface area contributed by atoms with E-state index in [1.54, 1.807) is 33.2 Å². The van der Waals surface area contributed by atoms with E-state index in [2.05, 4.69) is 25.7 Å². The number of carbonyl (C=O) groups excluding carboxylic acids is 1. The third kappa shape index (κ3) is 6.29. The van der Waals surface area contributed by atoms with Gasteiger partial charge < -0.3 is 19.5 Å². The van der Waals surface area contributed by atoms with Crippen molar-refractivity contribution >= 4 is 33.2 Å². The summed E-state index contributed by atoms with van der Waals surface area (Å²) in [7, 11) is 0. The number of nitrogens with one attached hydrogen (secondary N) is 1. The molecule has 0 aliphatic carbocycles. The van der Waals surface area contributed by atoms with Crippen LogP contribution in [0.3, 0.4) is 0 Å². The summed E-state index contributed by atoms with van der Waals surface area (Å²) in [6.07, 6.45) is 3.04. The second-order valence-electron chi connectivity index (χ2n) is 9.60. The monoisotopic (exact) mass is 550 g/mol. The van der Waals surface area contributed by atoms with Gasteiger partial charge in [0.25, 0.3) is 0 Å². The lowest BCUT2D eigenvalue weighted by Crippen LogP contribution is -2.34. The Hall–Kier alpha value is -4.16. The topological polar surface area (TPSA) is 113 Å². The molecule has 5 aromatic rings. The van der Waals surface area contributed by atoms with Crippen LogP contribution in [0, 0.1) is 5.82 Å². The molecule has 39 heavy (non-hydrogen) atoms. The maximum atomic E-state index is 14.2. The van der Waals surface area contributed by atoms with E-state index in [-0.39, 0.29) is 19.8 Å². The van der Waals surface area contributed by atoms with Crippen molar-refractivity contribution < 1.29 is 23.4 Å². The number of ether oxygens (including phenoxy) is 3. The fourth-order valence-corrected chi connectivity index (χ4v) is 4.79. The highest BCUT2D eigenvalue weighted by molar-refractivity contribution is 7.17. The fourth-order valence-electron chi connectivity index (χ4n) is 3.90. The van der Waals surface area contributed by atoms with Gasteiger partial charge in [-0.1, -0.05) is 0 Å². The first kappa shape index (κ1) is 26.4. The summed E-state index contributed by atoms with van der Waals surface area (Å²) in [6.45, 7) is 6.39. The van der Waals surface area contributed by atoms with E-state index < -0.39 is 17.5 Å². The van der Waals surface area contributed by atoms with Crippen molar-refractivity contribution in [3.05, 3.63) is 60.1 Å². The lowest BCUT2D eigenvalue weighted by atomic mass is 10.1. The molecule has 0 saturated heterocycles. The third-order valence-corrected chi connectivity index (χ3v) is 6.47. The van der Waals surface area contributed by atoms with Gasteiger partial charge in [0.15, 0.2) is 5.65 Å². The van der Waals surface area contributed by atoms with Crippen molar-refractivity contribution in [3.8, 4) is 28.3 Å². The number of carbonyl (C=O) groups is 1. The maximum absolute atomic E-state index is 14.2. The molecule has 0 aliphatic heterocycles. The molecule has 0 radical (unpaired) electrons. The first-order chi connectivity index (χ1) is 18.8. The Labute approximate surface area is 227 Å². The van der Waals surface area contributed by atoms with Crippen LogP contribution in [0.2, 0.25) is 0 Å². The third-order valence-electron chi connectivity index (χ3n) is 5.55. The average molecular weight is 551 g/mol. The van der Waals surface area contributed by atoms with Crippen LogP contribution in [-0.2, 0) is 9.47 Å². The molecule has 0 unspecified atom stereocenters. The van der Waals surface area contributed by atoms with Crippen molar-refractivity contribution in [1.82, 2.24) is 30.1 Å². The van der Waals surface area contributed by atoms with E-state index in [9.17, 15) is 9.18 Å². The zero-order chi connectivity index (χ0) is 27.4. The van der Waals surface area contributed by atoms with Crippen LogP contribution in [0.15, 0.2) is 54.3 Å². The van der Waals surface area contributed by atoms with Gasteiger partial charge in [-0.3, -0.25) is 4.40 Å². The minimum atomic E-state index is -0.562. The number of halogens is 1. The predicted molar refractivity (Wildman–Crippen MR) is 145 cm³/mol. The minimum absolute atomic E-state index is 0.181. The lowest BCUT2D eigenvalue weighted by molar-refractivity contribution is 0.0489. The second-order valence-corrected chi connectivity index (χ2v) is 10.5. The Morgan fingerprint density at radius 3 is 2.74 bits per heavy atom. The quantitative estimate of drug-likeness (QED) is 0.252. The van der Waals surface area contributed by atoms with Gasteiger partial charge in [-0.2, -0.15) is 0 Å². The summed E-state index contributed by atoms with van der Waals surface area (Å²) in [6, 6.07) is 10.1. The molecule has 10 nitrogen and oxygen atoms in total. The second kappa shape index (κ2) is 11.3. The molecule has 4 aromatic heterocycles. The molecule has 5 rings (SSSR count). The van der Waals surface area contributed by atoms with Crippen LogP contribution in [0.1, 0.15) is 20.8 Å². The maximum Gasteiger partial charge on any atom is 0.407 e.